The Kier molecular flexibility index (Phi) is 5.17. The minimum absolute atomic E-state index is 0.0457. The molecule has 1 spiro atoms. The lowest BCUT2D eigenvalue weighted by molar-refractivity contribution is -0.128. The van der Waals surface area contributed by atoms with E-state index in [1.807, 2.05) is 0 Å². The number of aliphatic hydroxyl groups is 1. The predicted octanol–water partition coefficient (Wildman–Crippen LogP) is 6.88. The molecule has 1 N–H and O–H groups in total. The van der Waals surface area contributed by atoms with Gasteiger partial charge in [0.25, 0.3) is 0 Å². The Bertz CT molecular complexity index is 813. The van der Waals surface area contributed by atoms with E-state index in [0.29, 0.717) is 35.4 Å². The van der Waals surface area contributed by atoms with Crippen molar-refractivity contribution in [3.63, 3.8) is 0 Å². The number of rotatable bonds is 4. The van der Waals surface area contributed by atoms with E-state index in [1.54, 1.807) is 5.57 Å². The van der Waals surface area contributed by atoms with Crippen LogP contribution in [0.25, 0.3) is 0 Å². The van der Waals surface area contributed by atoms with E-state index < -0.39 is 0 Å². The Hall–Kier alpha value is -0.890. The summed E-state index contributed by atoms with van der Waals surface area (Å²) in [5, 5.41) is 11.3. The highest BCUT2D eigenvalue weighted by atomic mass is 16.3. The van der Waals surface area contributed by atoms with Gasteiger partial charge in [0.2, 0.25) is 0 Å². The van der Waals surface area contributed by atoms with Crippen LogP contribution >= 0.6 is 0 Å². The molecule has 5 aliphatic carbocycles. The molecule has 2 nitrogen and oxygen atoms in total. The quantitative estimate of drug-likeness (QED) is 0.500. The van der Waals surface area contributed by atoms with E-state index in [9.17, 15) is 9.90 Å². The van der Waals surface area contributed by atoms with E-state index in [1.165, 1.54) is 24.8 Å². The molecule has 0 aromatic carbocycles. The molecule has 4 fully saturated rings. The number of allylic oxidation sites excluding steroid dienone is 4. The molecule has 0 bridgehead atoms. The summed E-state index contributed by atoms with van der Waals surface area (Å²) in [7, 11) is 0. The number of hydrogen-bond donors (Lipinski definition) is 1. The minimum Gasteiger partial charge on any atom is -0.393 e. The fourth-order valence-corrected chi connectivity index (χ4v) is 9.49. The molecule has 0 radical (unpaired) electrons. The zero-order chi connectivity index (χ0) is 22.2. The van der Waals surface area contributed by atoms with Gasteiger partial charge in [-0.05, 0) is 112 Å². The SMILES string of the molecule is CC(C)=CCC[C@@H](C)[C@H]1C(O)C[C@H]2[C@@H]3CC=C4C5(CC5)C(=O)CC[C@]4(C)[C@H]3CC[C@]12C. The van der Waals surface area contributed by atoms with Crippen LogP contribution in [0.1, 0.15) is 98.8 Å². The first-order chi connectivity index (χ1) is 14.6. The first-order valence-electron chi connectivity index (χ1n) is 13.2. The van der Waals surface area contributed by atoms with Crippen molar-refractivity contribution in [3.8, 4) is 0 Å². The van der Waals surface area contributed by atoms with Crippen molar-refractivity contribution in [2.45, 2.75) is 105 Å². The lowest BCUT2D eigenvalue weighted by atomic mass is 9.45. The van der Waals surface area contributed by atoms with Gasteiger partial charge in [0.15, 0.2) is 0 Å². The van der Waals surface area contributed by atoms with Crippen molar-refractivity contribution in [1.82, 2.24) is 0 Å². The number of carbonyl (C=O) groups excluding carboxylic acids is 1. The standard InChI is InChI=1S/C29H44O2/c1-18(2)7-6-8-19(3)26-23(30)17-22-20-9-10-24-27(4,21(20)11-13-28(22,26)5)14-12-25(31)29(24)15-16-29/h7,10,19-23,26,30H,6,8-9,11-17H2,1-5H3/t19-,20-,21+,22+,23?,26+,27-,28+/m1/s1. The summed E-state index contributed by atoms with van der Waals surface area (Å²) in [6, 6.07) is 0. The molecule has 0 aromatic rings. The zero-order valence-electron chi connectivity index (χ0n) is 20.5. The lowest BCUT2D eigenvalue weighted by Gasteiger charge is -2.59. The molecule has 0 saturated heterocycles. The van der Waals surface area contributed by atoms with Crippen LogP contribution < -0.4 is 0 Å². The summed E-state index contributed by atoms with van der Waals surface area (Å²) in [5.74, 6) is 3.59. The van der Waals surface area contributed by atoms with Crippen molar-refractivity contribution >= 4 is 5.78 Å². The Labute approximate surface area is 190 Å². The second-order valence-corrected chi connectivity index (χ2v) is 12.9. The van der Waals surface area contributed by atoms with E-state index in [2.05, 4.69) is 46.8 Å². The maximum Gasteiger partial charge on any atom is 0.143 e. The van der Waals surface area contributed by atoms with Gasteiger partial charge in [0.05, 0.1) is 11.5 Å². The third-order valence-corrected chi connectivity index (χ3v) is 11.0. The average Bonchev–Trinajstić information content (AvgIpc) is 3.43. The molecule has 5 aliphatic rings. The number of aliphatic hydroxyl groups excluding tert-OH is 1. The Morgan fingerprint density at radius 2 is 1.94 bits per heavy atom. The van der Waals surface area contributed by atoms with Crippen LogP contribution in [-0.2, 0) is 4.79 Å². The second-order valence-electron chi connectivity index (χ2n) is 12.9. The smallest absolute Gasteiger partial charge is 0.143 e. The summed E-state index contributed by atoms with van der Waals surface area (Å²) >= 11 is 0. The van der Waals surface area contributed by atoms with E-state index in [-0.39, 0.29) is 22.3 Å². The molecule has 0 amide bonds. The van der Waals surface area contributed by atoms with Crippen LogP contribution in [0, 0.1) is 45.8 Å². The van der Waals surface area contributed by atoms with E-state index in [0.717, 1.165) is 44.9 Å². The van der Waals surface area contributed by atoms with Crippen molar-refractivity contribution in [3.05, 3.63) is 23.3 Å². The summed E-state index contributed by atoms with van der Waals surface area (Å²) in [6.45, 7) is 11.8. The molecular weight excluding hydrogens is 380 g/mol. The van der Waals surface area contributed by atoms with Crippen molar-refractivity contribution in [1.29, 1.82) is 0 Å². The summed E-state index contributed by atoms with van der Waals surface area (Å²) in [6.07, 6.45) is 15.9. The zero-order valence-corrected chi connectivity index (χ0v) is 20.5. The molecule has 31 heavy (non-hydrogen) atoms. The molecule has 1 unspecified atom stereocenters. The molecule has 0 aliphatic heterocycles. The van der Waals surface area contributed by atoms with E-state index in [4.69, 9.17) is 0 Å². The van der Waals surface area contributed by atoms with Gasteiger partial charge in [-0.25, -0.2) is 0 Å². The van der Waals surface area contributed by atoms with Crippen LogP contribution in [0.15, 0.2) is 23.3 Å². The highest BCUT2D eigenvalue weighted by Crippen LogP contribution is 2.72. The number of ketones is 1. The Morgan fingerprint density at radius 1 is 1.19 bits per heavy atom. The molecule has 2 heteroatoms. The topological polar surface area (TPSA) is 37.3 Å². The Balaban J connectivity index is 1.41. The van der Waals surface area contributed by atoms with E-state index >= 15 is 0 Å². The fraction of sp³-hybridized carbons (Fsp3) is 0.828. The van der Waals surface area contributed by atoms with Gasteiger partial charge >= 0.3 is 0 Å². The highest BCUT2D eigenvalue weighted by Gasteiger charge is 2.66. The van der Waals surface area contributed by atoms with Crippen LogP contribution in [0.5, 0.6) is 0 Å². The maximum absolute atomic E-state index is 12.8. The molecule has 4 saturated carbocycles. The molecule has 0 heterocycles. The molecule has 0 aromatic heterocycles. The number of hydrogen-bond acceptors (Lipinski definition) is 2. The van der Waals surface area contributed by atoms with Gasteiger partial charge in [-0.1, -0.05) is 44.1 Å². The third-order valence-electron chi connectivity index (χ3n) is 11.0. The van der Waals surface area contributed by atoms with Gasteiger partial charge in [0.1, 0.15) is 5.78 Å². The first-order valence-corrected chi connectivity index (χ1v) is 13.2. The Morgan fingerprint density at radius 3 is 2.61 bits per heavy atom. The van der Waals surface area contributed by atoms with Crippen molar-refractivity contribution < 1.29 is 9.90 Å². The van der Waals surface area contributed by atoms with Crippen molar-refractivity contribution in [2.75, 3.05) is 0 Å². The lowest BCUT2D eigenvalue weighted by Crippen LogP contribution is -2.52. The number of carbonyl (C=O) groups is 1. The van der Waals surface area contributed by atoms with Gasteiger partial charge in [-0.15, -0.1) is 0 Å². The van der Waals surface area contributed by atoms with Gasteiger partial charge in [0, 0.05) is 6.42 Å². The summed E-state index contributed by atoms with van der Waals surface area (Å²) in [4.78, 5) is 12.8. The monoisotopic (exact) mass is 424 g/mol. The van der Waals surface area contributed by atoms with Crippen LogP contribution in [0.4, 0.5) is 0 Å². The second kappa shape index (κ2) is 7.31. The predicted molar refractivity (Wildman–Crippen MR) is 126 cm³/mol. The molecule has 5 rings (SSSR count). The summed E-state index contributed by atoms with van der Waals surface area (Å²) < 4.78 is 0. The van der Waals surface area contributed by atoms with Crippen LogP contribution in [-0.4, -0.2) is 17.0 Å². The maximum atomic E-state index is 12.8. The number of fused-ring (bicyclic) bond motifs is 6. The summed E-state index contributed by atoms with van der Waals surface area (Å²) in [5.41, 5.74) is 3.41. The van der Waals surface area contributed by atoms with Crippen molar-refractivity contribution in [2.24, 2.45) is 45.8 Å². The van der Waals surface area contributed by atoms with Gasteiger partial charge in [-0.2, -0.15) is 0 Å². The fourth-order valence-electron chi connectivity index (χ4n) is 9.49. The van der Waals surface area contributed by atoms with Gasteiger partial charge in [-0.3, -0.25) is 4.79 Å². The normalized spacial score (nSPS) is 45.9. The molecule has 8 atom stereocenters. The average molecular weight is 425 g/mol. The van der Waals surface area contributed by atoms with Gasteiger partial charge < -0.3 is 5.11 Å². The minimum atomic E-state index is -0.142. The van der Waals surface area contributed by atoms with Crippen LogP contribution in [0.3, 0.4) is 0 Å². The first kappa shape index (κ1) is 21.9. The van der Waals surface area contributed by atoms with Crippen LogP contribution in [0.2, 0.25) is 0 Å². The largest absolute Gasteiger partial charge is 0.393 e. The highest BCUT2D eigenvalue weighted by molar-refractivity contribution is 5.92. The number of Topliss-reactive ketones (excluding diaryl/α,β-unsaturated/α-hetero) is 1. The molecular formula is C29H44O2. The molecule has 172 valence electrons. The third kappa shape index (κ3) is 3.10.